The Labute approximate surface area is 123 Å². The number of carbonyl (C=O) groups excluding carboxylic acids is 1. The lowest BCUT2D eigenvalue weighted by atomic mass is 9.95. The third kappa shape index (κ3) is 2.16. The molecule has 3 heterocycles. The van der Waals surface area contributed by atoms with Gasteiger partial charge in [0.15, 0.2) is 0 Å². The molecule has 0 unspecified atom stereocenters. The first-order valence-corrected chi connectivity index (χ1v) is 7.46. The van der Waals surface area contributed by atoms with E-state index >= 15 is 0 Å². The van der Waals surface area contributed by atoms with Crippen LogP contribution in [0.3, 0.4) is 0 Å². The van der Waals surface area contributed by atoms with Gasteiger partial charge in [0.25, 0.3) is 5.91 Å². The largest absolute Gasteiger partial charge is 0.457 e. The average molecular weight is 282 g/mol. The molecule has 2 fully saturated rings. The SMILES string of the molecule is C=Cc1cc2ccc(C(=O)N[C@@H]3C[C@H]4CC[C@@H]3N4)cc2o1. The minimum absolute atomic E-state index is 0.0206. The van der Waals surface area contributed by atoms with Crippen LogP contribution in [-0.4, -0.2) is 24.0 Å². The number of furan rings is 1. The van der Waals surface area contributed by atoms with Crippen LogP contribution in [0.2, 0.25) is 0 Å². The van der Waals surface area contributed by atoms with Crippen molar-refractivity contribution in [3.63, 3.8) is 0 Å². The maximum Gasteiger partial charge on any atom is 0.251 e. The summed E-state index contributed by atoms with van der Waals surface area (Å²) in [5, 5.41) is 7.67. The normalized spacial score (nSPS) is 27.1. The van der Waals surface area contributed by atoms with Crippen LogP contribution in [-0.2, 0) is 0 Å². The van der Waals surface area contributed by atoms with Gasteiger partial charge in [-0.15, -0.1) is 0 Å². The van der Waals surface area contributed by atoms with Gasteiger partial charge in [-0.1, -0.05) is 12.6 Å². The number of benzene rings is 1. The van der Waals surface area contributed by atoms with E-state index in [1.54, 1.807) is 12.1 Å². The van der Waals surface area contributed by atoms with Gasteiger partial charge in [0, 0.05) is 29.1 Å². The second kappa shape index (κ2) is 4.74. The van der Waals surface area contributed by atoms with E-state index in [2.05, 4.69) is 17.2 Å². The number of carbonyl (C=O) groups is 1. The Balaban J connectivity index is 1.54. The van der Waals surface area contributed by atoms with E-state index in [0.717, 1.165) is 29.6 Å². The van der Waals surface area contributed by atoms with Crippen LogP contribution >= 0.6 is 0 Å². The molecule has 2 bridgehead atoms. The Morgan fingerprint density at radius 1 is 1.38 bits per heavy atom. The van der Waals surface area contributed by atoms with Crippen molar-refractivity contribution in [3.8, 4) is 0 Å². The first kappa shape index (κ1) is 12.7. The Morgan fingerprint density at radius 3 is 3.00 bits per heavy atom. The fourth-order valence-electron chi connectivity index (χ4n) is 3.53. The highest BCUT2D eigenvalue weighted by atomic mass is 16.3. The smallest absolute Gasteiger partial charge is 0.251 e. The molecule has 2 N–H and O–H groups in total. The third-order valence-electron chi connectivity index (χ3n) is 4.62. The number of nitrogens with one attached hydrogen (secondary N) is 2. The van der Waals surface area contributed by atoms with E-state index in [-0.39, 0.29) is 11.9 Å². The van der Waals surface area contributed by atoms with Crippen LogP contribution in [0, 0.1) is 0 Å². The molecule has 2 saturated heterocycles. The summed E-state index contributed by atoms with van der Waals surface area (Å²) in [5.74, 6) is 0.702. The molecule has 21 heavy (non-hydrogen) atoms. The standard InChI is InChI=1S/C17H18N2O2/c1-2-13-7-10-3-4-11(8-16(10)21-13)17(20)19-15-9-12-5-6-14(15)18-12/h2-4,7-8,12,14-15,18H,1,5-6,9H2,(H,19,20)/t12-,14+,15-/m1/s1. The highest BCUT2D eigenvalue weighted by Gasteiger charge is 2.39. The van der Waals surface area contributed by atoms with Crippen molar-refractivity contribution in [2.45, 2.75) is 37.4 Å². The zero-order chi connectivity index (χ0) is 14.4. The fourth-order valence-corrected chi connectivity index (χ4v) is 3.53. The van der Waals surface area contributed by atoms with E-state index in [0.29, 0.717) is 17.6 Å². The molecule has 108 valence electrons. The molecular weight excluding hydrogens is 264 g/mol. The van der Waals surface area contributed by atoms with Gasteiger partial charge in [0.2, 0.25) is 0 Å². The molecule has 0 radical (unpaired) electrons. The summed E-state index contributed by atoms with van der Waals surface area (Å²) >= 11 is 0. The minimum Gasteiger partial charge on any atom is -0.457 e. The molecule has 1 aromatic heterocycles. The van der Waals surface area contributed by atoms with Crippen molar-refractivity contribution in [2.75, 3.05) is 0 Å². The van der Waals surface area contributed by atoms with Gasteiger partial charge in [0.05, 0.1) is 0 Å². The van der Waals surface area contributed by atoms with Crippen molar-refractivity contribution < 1.29 is 9.21 Å². The Bertz CT molecular complexity index is 719. The highest BCUT2D eigenvalue weighted by Crippen LogP contribution is 2.28. The van der Waals surface area contributed by atoms with E-state index in [9.17, 15) is 4.79 Å². The van der Waals surface area contributed by atoms with E-state index < -0.39 is 0 Å². The molecule has 4 rings (SSSR count). The van der Waals surface area contributed by atoms with Crippen molar-refractivity contribution in [2.24, 2.45) is 0 Å². The summed E-state index contributed by atoms with van der Waals surface area (Å²) in [6.45, 7) is 3.69. The number of amides is 1. The topological polar surface area (TPSA) is 54.3 Å². The summed E-state index contributed by atoms with van der Waals surface area (Å²) in [7, 11) is 0. The number of fused-ring (bicyclic) bond motifs is 3. The Morgan fingerprint density at radius 2 is 2.29 bits per heavy atom. The molecule has 2 aliphatic heterocycles. The van der Waals surface area contributed by atoms with Gasteiger partial charge in [-0.05, 0) is 43.5 Å². The van der Waals surface area contributed by atoms with Crippen LogP contribution in [0.15, 0.2) is 35.3 Å². The first-order chi connectivity index (χ1) is 10.2. The lowest BCUT2D eigenvalue weighted by Gasteiger charge is -2.21. The second-order valence-electron chi connectivity index (χ2n) is 5.97. The van der Waals surface area contributed by atoms with Gasteiger partial charge >= 0.3 is 0 Å². The van der Waals surface area contributed by atoms with Crippen molar-refractivity contribution in [3.05, 3.63) is 42.2 Å². The van der Waals surface area contributed by atoms with Crippen molar-refractivity contribution in [1.82, 2.24) is 10.6 Å². The lowest BCUT2D eigenvalue weighted by Crippen LogP contribution is -2.42. The van der Waals surface area contributed by atoms with E-state index in [1.807, 2.05) is 18.2 Å². The van der Waals surface area contributed by atoms with Gasteiger partial charge in [0.1, 0.15) is 11.3 Å². The van der Waals surface area contributed by atoms with Crippen LogP contribution in [0.1, 0.15) is 35.4 Å². The lowest BCUT2D eigenvalue weighted by molar-refractivity contribution is 0.0931. The molecule has 0 saturated carbocycles. The second-order valence-corrected chi connectivity index (χ2v) is 5.97. The summed E-state index contributed by atoms with van der Waals surface area (Å²) in [6, 6.07) is 8.77. The molecular formula is C17H18N2O2. The van der Waals surface area contributed by atoms with Crippen LogP contribution in [0.25, 0.3) is 17.0 Å². The van der Waals surface area contributed by atoms with Crippen molar-refractivity contribution >= 4 is 23.0 Å². The molecule has 1 aromatic carbocycles. The van der Waals surface area contributed by atoms with E-state index in [1.165, 1.54) is 6.42 Å². The molecule has 2 aromatic rings. The Kier molecular flexibility index (Phi) is 2.86. The maximum absolute atomic E-state index is 12.4. The van der Waals surface area contributed by atoms with E-state index in [4.69, 9.17) is 4.42 Å². The zero-order valence-electron chi connectivity index (χ0n) is 11.8. The minimum atomic E-state index is -0.0206. The van der Waals surface area contributed by atoms with Crippen LogP contribution < -0.4 is 10.6 Å². The molecule has 4 heteroatoms. The zero-order valence-corrected chi connectivity index (χ0v) is 11.8. The number of hydrogen-bond acceptors (Lipinski definition) is 3. The molecule has 1 amide bonds. The maximum atomic E-state index is 12.4. The summed E-state index contributed by atoms with van der Waals surface area (Å²) in [5.41, 5.74) is 1.37. The number of hydrogen-bond donors (Lipinski definition) is 2. The highest BCUT2D eigenvalue weighted by molar-refractivity contribution is 5.98. The monoisotopic (exact) mass is 282 g/mol. The molecule has 3 atom stereocenters. The average Bonchev–Trinajstić information content (AvgIpc) is 3.20. The van der Waals surface area contributed by atoms with Crippen LogP contribution in [0.4, 0.5) is 0 Å². The predicted molar refractivity (Wildman–Crippen MR) is 82.1 cm³/mol. The van der Waals surface area contributed by atoms with Gasteiger partial charge < -0.3 is 15.1 Å². The predicted octanol–water partition coefficient (Wildman–Crippen LogP) is 2.70. The number of rotatable bonds is 3. The van der Waals surface area contributed by atoms with Crippen molar-refractivity contribution in [1.29, 1.82) is 0 Å². The molecule has 4 nitrogen and oxygen atoms in total. The van der Waals surface area contributed by atoms with Gasteiger partial charge in [-0.25, -0.2) is 0 Å². The van der Waals surface area contributed by atoms with Crippen LogP contribution in [0.5, 0.6) is 0 Å². The Hall–Kier alpha value is -2.07. The summed E-state index contributed by atoms with van der Waals surface area (Å²) in [6.07, 6.45) is 5.11. The van der Waals surface area contributed by atoms with Gasteiger partial charge in [-0.3, -0.25) is 4.79 Å². The summed E-state index contributed by atoms with van der Waals surface area (Å²) < 4.78 is 5.62. The van der Waals surface area contributed by atoms with Gasteiger partial charge in [-0.2, -0.15) is 0 Å². The molecule has 0 spiro atoms. The first-order valence-electron chi connectivity index (χ1n) is 7.46. The third-order valence-corrected chi connectivity index (χ3v) is 4.62. The fraction of sp³-hybridized carbons (Fsp3) is 0.353. The molecule has 0 aliphatic carbocycles. The molecule has 2 aliphatic rings. The summed E-state index contributed by atoms with van der Waals surface area (Å²) in [4.78, 5) is 12.4. The quantitative estimate of drug-likeness (QED) is 0.910.